The summed E-state index contributed by atoms with van der Waals surface area (Å²) in [5.74, 6) is 2.42. The largest absolute Gasteiger partial charge is 0.355 e. The molecule has 3 aliphatic heterocycles. The highest BCUT2D eigenvalue weighted by molar-refractivity contribution is 6.04. The van der Waals surface area contributed by atoms with Gasteiger partial charge in [0.2, 0.25) is 0 Å². The quantitative estimate of drug-likeness (QED) is 0.906. The van der Waals surface area contributed by atoms with E-state index in [0.717, 1.165) is 53.0 Å². The molecular weight excluding hydrogens is 338 g/mol. The van der Waals surface area contributed by atoms with Crippen molar-refractivity contribution in [3.8, 4) is 11.1 Å². The van der Waals surface area contributed by atoms with Crippen LogP contribution in [0.15, 0.2) is 30.7 Å². The number of anilines is 1. The van der Waals surface area contributed by atoms with Crippen molar-refractivity contribution in [3.63, 3.8) is 0 Å². The number of piperidine rings is 1. The summed E-state index contributed by atoms with van der Waals surface area (Å²) < 4.78 is 0. The summed E-state index contributed by atoms with van der Waals surface area (Å²) in [7, 11) is 2.21. The fourth-order valence-electron chi connectivity index (χ4n) is 4.72. The SMILES string of the molecule is CN1CCC(C2CN(c3ncc(-c4ccncc4)c4c3C(=O)NC4)C2)CC1. The van der Waals surface area contributed by atoms with Crippen LogP contribution in [0.2, 0.25) is 0 Å². The molecule has 0 unspecified atom stereocenters. The van der Waals surface area contributed by atoms with Crippen molar-refractivity contribution in [2.45, 2.75) is 19.4 Å². The van der Waals surface area contributed by atoms with Crippen LogP contribution in [0.25, 0.3) is 11.1 Å². The number of fused-ring (bicyclic) bond motifs is 1. The van der Waals surface area contributed by atoms with Crippen LogP contribution in [0.1, 0.15) is 28.8 Å². The van der Waals surface area contributed by atoms with E-state index in [1.807, 2.05) is 18.3 Å². The summed E-state index contributed by atoms with van der Waals surface area (Å²) in [6.45, 7) is 5.04. The molecule has 0 saturated carbocycles. The number of pyridine rings is 2. The van der Waals surface area contributed by atoms with Gasteiger partial charge < -0.3 is 15.1 Å². The number of aromatic nitrogens is 2. The number of nitrogens with one attached hydrogen (secondary N) is 1. The minimum absolute atomic E-state index is 0.00569. The smallest absolute Gasteiger partial charge is 0.255 e. The Morgan fingerprint density at radius 3 is 2.59 bits per heavy atom. The van der Waals surface area contributed by atoms with E-state index in [4.69, 9.17) is 4.98 Å². The predicted octanol–water partition coefficient (Wildman–Crippen LogP) is 2.17. The standard InChI is InChI=1S/C21H25N5O/c1-25-8-4-14(5-9-25)16-12-26(13-16)20-19-18(11-24-21(19)27)17(10-23-20)15-2-6-22-7-3-15/h2-3,6-7,10,14,16H,4-5,8-9,11-13H2,1H3,(H,24,27). The van der Waals surface area contributed by atoms with Crippen molar-refractivity contribution in [2.75, 3.05) is 38.1 Å². The minimum Gasteiger partial charge on any atom is -0.355 e. The molecule has 0 radical (unpaired) electrons. The lowest BCUT2D eigenvalue weighted by Gasteiger charge is -2.46. The third-order valence-corrected chi connectivity index (χ3v) is 6.45. The van der Waals surface area contributed by atoms with Crippen molar-refractivity contribution < 1.29 is 4.79 Å². The van der Waals surface area contributed by atoms with Crippen molar-refractivity contribution in [2.24, 2.45) is 11.8 Å². The van der Waals surface area contributed by atoms with E-state index in [2.05, 4.69) is 27.1 Å². The first kappa shape index (κ1) is 16.7. The van der Waals surface area contributed by atoms with Crippen LogP contribution < -0.4 is 10.2 Å². The summed E-state index contributed by atoms with van der Waals surface area (Å²) in [5, 5.41) is 2.99. The van der Waals surface area contributed by atoms with Gasteiger partial charge in [-0.15, -0.1) is 0 Å². The summed E-state index contributed by atoms with van der Waals surface area (Å²) >= 11 is 0. The number of carbonyl (C=O) groups excluding carboxylic acids is 1. The van der Waals surface area contributed by atoms with Gasteiger partial charge in [0.1, 0.15) is 5.82 Å². The lowest BCUT2D eigenvalue weighted by molar-refractivity contribution is 0.0965. The molecule has 1 amide bonds. The second kappa shape index (κ2) is 6.60. The van der Waals surface area contributed by atoms with E-state index in [1.54, 1.807) is 12.4 Å². The Morgan fingerprint density at radius 1 is 1.11 bits per heavy atom. The van der Waals surface area contributed by atoms with E-state index < -0.39 is 0 Å². The van der Waals surface area contributed by atoms with Gasteiger partial charge in [0.05, 0.1) is 5.56 Å². The number of nitrogens with zero attached hydrogens (tertiary/aromatic N) is 4. The molecule has 0 aliphatic carbocycles. The van der Waals surface area contributed by atoms with E-state index in [0.29, 0.717) is 6.54 Å². The normalized spacial score (nSPS) is 21.1. The molecule has 27 heavy (non-hydrogen) atoms. The summed E-state index contributed by atoms with van der Waals surface area (Å²) in [4.78, 5) is 26.1. The van der Waals surface area contributed by atoms with E-state index in [1.165, 1.54) is 25.9 Å². The third kappa shape index (κ3) is 2.88. The first-order valence-electron chi connectivity index (χ1n) is 9.84. The fourth-order valence-corrected chi connectivity index (χ4v) is 4.72. The zero-order valence-corrected chi connectivity index (χ0v) is 15.7. The van der Waals surface area contributed by atoms with Crippen LogP contribution in [-0.4, -0.2) is 54.0 Å². The molecule has 2 fully saturated rings. The Hall–Kier alpha value is -2.47. The maximum atomic E-state index is 12.5. The van der Waals surface area contributed by atoms with E-state index in [-0.39, 0.29) is 5.91 Å². The van der Waals surface area contributed by atoms with Gasteiger partial charge >= 0.3 is 0 Å². The molecule has 2 aromatic heterocycles. The zero-order chi connectivity index (χ0) is 18.4. The van der Waals surface area contributed by atoms with Gasteiger partial charge in [-0.3, -0.25) is 9.78 Å². The maximum absolute atomic E-state index is 12.5. The van der Waals surface area contributed by atoms with Crippen LogP contribution in [0.3, 0.4) is 0 Å². The molecule has 6 heteroatoms. The monoisotopic (exact) mass is 363 g/mol. The number of rotatable bonds is 3. The average Bonchev–Trinajstić information content (AvgIpc) is 3.05. The molecular formula is C21H25N5O. The molecule has 0 bridgehead atoms. The zero-order valence-electron chi connectivity index (χ0n) is 15.7. The Morgan fingerprint density at radius 2 is 1.85 bits per heavy atom. The fraction of sp³-hybridized carbons (Fsp3) is 0.476. The molecule has 5 rings (SSSR count). The molecule has 0 aromatic carbocycles. The lowest BCUT2D eigenvalue weighted by atomic mass is 9.79. The summed E-state index contributed by atoms with van der Waals surface area (Å²) in [5.41, 5.74) is 3.93. The third-order valence-electron chi connectivity index (χ3n) is 6.45. The predicted molar refractivity (Wildman–Crippen MR) is 105 cm³/mol. The Bertz CT molecular complexity index is 854. The molecule has 3 aliphatic rings. The van der Waals surface area contributed by atoms with Crippen molar-refractivity contribution in [3.05, 3.63) is 41.9 Å². The highest BCUT2D eigenvalue weighted by Gasteiger charge is 2.38. The molecule has 2 aromatic rings. The van der Waals surface area contributed by atoms with Crippen LogP contribution in [0.5, 0.6) is 0 Å². The highest BCUT2D eigenvalue weighted by atomic mass is 16.1. The van der Waals surface area contributed by atoms with Crippen LogP contribution in [0.4, 0.5) is 5.82 Å². The van der Waals surface area contributed by atoms with Gasteiger partial charge in [-0.25, -0.2) is 4.98 Å². The van der Waals surface area contributed by atoms with Crippen LogP contribution in [0, 0.1) is 11.8 Å². The Labute approximate surface area is 159 Å². The summed E-state index contributed by atoms with van der Waals surface area (Å²) in [6, 6.07) is 3.94. The number of hydrogen-bond donors (Lipinski definition) is 1. The molecule has 6 nitrogen and oxygen atoms in total. The molecule has 2 saturated heterocycles. The summed E-state index contributed by atoms with van der Waals surface area (Å²) in [6.07, 6.45) is 8.07. The first-order chi connectivity index (χ1) is 13.2. The van der Waals surface area contributed by atoms with Gasteiger partial charge in [-0.1, -0.05) is 0 Å². The van der Waals surface area contributed by atoms with Crippen molar-refractivity contribution >= 4 is 11.7 Å². The number of carbonyl (C=O) groups is 1. The van der Waals surface area contributed by atoms with Gasteiger partial charge in [-0.05, 0) is 68.1 Å². The van der Waals surface area contributed by atoms with Gasteiger partial charge in [0.15, 0.2) is 0 Å². The maximum Gasteiger partial charge on any atom is 0.255 e. The van der Waals surface area contributed by atoms with Crippen LogP contribution in [-0.2, 0) is 6.54 Å². The second-order valence-corrected chi connectivity index (χ2v) is 8.07. The van der Waals surface area contributed by atoms with Gasteiger partial charge in [-0.2, -0.15) is 0 Å². The first-order valence-corrected chi connectivity index (χ1v) is 9.84. The van der Waals surface area contributed by atoms with Crippen molar-refractivity contribution in [1.29, 1.82) is 0 Å². The highest BCUT2D eigenvalue weighted by Crippen LogP contribution is 2.38. The number of hydrogen-bond acceptors (Lipinski definition) is 5. The lowest BCUT2D eigenvalue weighted by Crippen LogP contribution is -2.52. The average molecular weight is 363 g/mol. The molecule has 0 spiro atoms. The van der Waals surface area contributed by atoms with Gasteiger partial charge in [0.25, 0.3) is 5.91 Å². The van der Waals surface area contributed by atoms with Crippen molar-refractivity contribution in [1.82, 2.24) is 20.2 Å². The van der Waals surface area contributed by atoms with E-state index in [9.17, 15) is 4.79 Å². The van der Waals surface area contributed by atoms with E-state index >= 15 is 0 Å². The Balaban J connectivity index is 1.39. The van der Waals surface area contributed by atoms with Crippen LogP contribution >= 0.6 is 0 Å². The molecule has 1 N–H and O–H groups in total. The van der Waals surface area contributed by atoms with Gasteiger partial charge in [0, 0.05) is 43.8 Å². The second-order valence-electron chi connectivity index (χ2n) is 8.07. The molecule has 0 atom stereocenters. The minimum atomic E-state index is 0.00569. The Kier molecular flexibility index (Phi) is 4.08. The number of likely N-dealkylation sites (tertiary alicyclic amines) is 1. The topological polar surface area (TPSA) is 61.4 Å². The molecule has 5 heterocycles. The molecule has 140 valence electrons. The number of amides is 1.